The number of aliphatic hydroxyl groups excluding tert-OH is 1. The number of amides is 2. The van der Waals surface area contributed by atoms with Crippen molar-refractivity contribution in [3.63, 3.8) is 0 Å². The molecule has 0 aromatic carbocycles. The summed E-state index contributed by atoms with van der Waals surface area (Å²) in [5.74, 6) is 0.139. The minimum Gasteiger partial charge on any atom is -0.392 e. The Morgan fingerprint density at radius 3 is 2.52 bits per heavy atom. The highest BCUT2D eigenvalue weighted by molar-refractivity contribution is 5.82. The van der Waals surface area contributed by atoms with Crippen LogP contribution in [-0.2, 0) is 9.59 Å². The fourth-order valence-electron chi connectivity index (χ4n) is 2.89. The van der Waals surface area contributed by atoms with E-state index in [1.165, 1.54) is 0 Å². The second-order valence-corrected chi connectivity index (χ2v) is 7.07. The molecule has 0 aromatic rings. The molecule has 0 spiro atoms. The van der Waals surface area contributed by atoms with Crippen LogP contribution in [0.5, 0.6) is 0 Å². The maximum atomic E-state index is 12.2. The van der Waals surface area contributed by atoms with Crippen LogP contribution in [0, 0.1) is 17.3 Å². The van der Waals surface area contributed by atoms with Crippen LogP contribution in [0.1, 0.15) is 47.5 Å². The zero-order chi connectivity index (χ0) is 16.2. The first kappa shape index (κ1) is 18.0. The summed E-state index contributed by atoms with van der Waals surface area (Å²) in [5.41, 5.74) is -0.360. The van der Waals surface area contributed by atoms with Crippen molar-refractivity contribution in [2.45, 2.75) is 53.6 Å². The normalized spacial score (nSPS) is 20.7. The number of likely N-dealkylation sites (tertiary alicyclic amines) is 1. The van der Waals surface area contributed by atoms with Gasteiger partial charge in [-0.1, -0.05) is 34.6 Å². The molecular formula is C16H30N2O3. The molecule has 0 aliphatic carbocycles. The molecule has 1 aliphatic heterocycles. The fraction of sp³-hybridized carbons (Fsp3) is 0.875. The van der Waals surface area contributed by atoms with Crippen molar-refractivity contribution >= 4 is 11.8 Å². The van der Waals surface area contributed by atoms with Crippen LogP contribution in [0.2, 0.25) is 0 Å². The van der Waals surface area contributed by atoms with Crippen LogP contribution in [0.4, 0.5) is 0 Å². The van der Waals surface area contributed by atoms with E-state index in [0.29, 0.717) is 26.1 Å². The number of nitrogens with zero attached hydrogens (tertiary/aromatic N) is 1. The van der Waals surface area contributed by atoms with Crippen molar-refractivity contribution in [2.75, 3.05) is 19.6 Å². The lowest BCUT2D eigenvalue weighted by atomic mass is 9.80. The third-order valence-electron chi connectivity index (χ3n) is 4.36. The standard InChI is InChI=1S/C16H30N2O3/c1-6-13(19)18-8-7-12(9-18)15(21)17-10-16(4,5)14(20)11(2)3/h11-12,14,20H,6-10H2,1-5H3,(H,17,21). The molecule has 0 aromatic heterocycles. The van der Waals surface area contributed by atoms with Crippen molar-refractivity contribution in [1.29, 1.82) is 0 Å². The van der Waals surface area contributed by atoms with Gasteiger partial charge >= 0.3 is 0 Å². The van der Waals surface area contributed by atoms with Crippen LogP contribution in [0.15, 0.2) is 0 Å². The number of nitrogens with one attached hydrogen (secondary N) is 1. The molecule has 0 bridgehead atoms. The Labute approximate surface area is 128 Å². The van der Waals surface area contributed by atoms with E-state index in [2.05, 4.69) is 5.32 Å². The second kappa shape index (κ2) is 7.25. The summed E-state index contributed by atoms with van der Waals surface area (Å²) in [5, 5.41) is 13.1. The minimum atomic E-state index is -0.459. The zero-order valence-corrected chi connectivity index (χ0v) is 14.0. The van der Waals surface area contributed by atoms with E-state index in [4.69, 9.17) is 0 Å². The summed E-state index contributed by atoms with van der Waals surface area (Å²) in [7, 11) is 0. The summed E-state index contributed by atoms with van der Waals surface area (Å²) in [6, 6.07) is 0. The van der Waals surface area contributed by atoms with Gasteiger partial charge in [0.25, 0.3) is 0 Å². The highest BCUT2D eigenvalue weighted by atomic mass is 16.3. The highest BCUT2D eigenvalue weighted by Gasteiger charge is 2.34. The molecule has 0 saturated carbocycles. The van der Waals surface area contributed by atoms with Crippen LogP contribution in [-0.4, -0.2) is 47.6 Å². The Morgan fingerprint density at radius 2 is 2.00 bits per heavy atom. The monoisotopic (exact) mass is 298 g/mol. The van der Waals surface area contributed by atoms with Gasteiger partial charge in [0.1, 0.15) is 0 Å². The molecule has 5 heteroatoms. The van der Waals surface area contributed by atoms with Gasteiger partial charge in [-0.15, -0.1) is 0 Å². The molecule has 2 amide bonds. The second-order valence-electron chi connectivity index (χ2n) is 7.07. The van der Waals surface area contributed by atoms with Crippen molar-refractivity contribution in [3.05, 3.63) is 0 Å². The van der Waals surface area contributed by atoms with Gasteiger partial charge in [-0.3, -0.25) is 9.59 Å². The van der Waals surface area contributed by atoms with E-state index in [0.717, 1.165) is 6.42 Å². The van der Waals surface area contributed by atoms with Crippen molar-refractivity contribution in [3.8, 4) is 0 Å². The van der Waals surface area contributed by atoms with Crippen molar-refractivity contribution < 1.29 is 14.7 Å². The average Bonchev–Trinajstić information content (AvgIpc) is 2.92. The van der Waals surface area contributed by atoms with Gasteiger partial charge in [0.05, 0.1) is 12.0 Å². The molecule has 5 nitrogen and oxygen atoms in total. The maximum absolute atomic E-state index is 12.2. The quantitative estimate of drug-likeness (QED) is 0.779. The van der Waals surface area contributed by atoms with E-state index < -0.39 is 6.10 Å². The lowest BCUT2D eigenvalue weighted by Gasteiger charge is -2.33. The van der Waals surface area contributed by atoms with Crippen LogP contribution in [0.25, 0.3) is 0 Å². The molecular weight excluding hydrogens is 268 g/mol. The molecule has 1 heterocycles. The van der Waals surface area contributed by atoms with Crippen molar-refractivity contribution in [1.82, 2.24) is 10.2 Å². The Balaban J connectivity index is 2.46. The highest BCUT2D eigenvalue weighted by Crippen LogP contribution is 2.25. The van der Waals surface area contributed by atoms with Gasteiger partial charge in [0.2, 0.25) is 11.8 Å². The average molecular weight is 298 g/mol. The number of carbonyl (C=O) groups excluding carboxylic acids is 2. The maximum Gasteiger partial charge on any atom is 0.224 e. The molecule has 1 rings (SSSR count). The Kier molecular flexibility index (Phi) is 6.20. The molecule has 1 saturated heterocycles. The molecule has 0 radical (unpaired) electrons. The molecule has 2 N–H and O–H groups in total. The number of rotatable bonds is 6. The predicted octanol–water partition coefficient (Wildman–Crippen LogP) is 1.40. The first-order valence-electron chi connectivity index (χ1n) is 7.92. The first-order valence-corrected chi connectivity index (χ1v) is 7.92. The fourth-order valence-corrected chi connectivity index (χ4v) is 2.89. The summed E-state index contributed by atoms with van der Waals surface area (Å²) in [6.45, 7) is 11.3. The zero-order valence-electron chi connectivity index (χ0n) is 14.0. The van der Waals surface area contributed by atoms with E-state index >= 15 is 0 Å². The Hall–Kier alpha value is -1.10. The van der Waals surface area contributed by atoms with E-state index in [9.17, 15) is 14.7 Å². The van der Waals surface area contributed by atoms with Gasteiger partial charge < -0.3 is 15.3 Å². The van der Waals surface area contributed by atoms with Crippen LogP contribution >= 0.6 is 0 Å². The van der Waals surface area contributed by atoms with Gasteiger partial charge in [0, 0.05) is 31.5 Å². The number of aliphatic hydroxyl groups is 1. The van der Waals surface area contributed by atoms with Gasteiger partial charge in [-0.2, -0.15) is 0 Å². The summed E-state index contributed by atoms with van der Waals surface area (Å²) < 4.78 is 0. The molecule has 122 valence electrons. The summed E-state index contributed by atoms with van der Waals surface area (Å²) >= 11 is 0. The predicted molar refractivity (Wildman–Crippen MR) is 82.6 cm³/mol. The van der Waals surface area contributed by atoms with E-state index in [1.807, 2.05) is 34.6 Å². The van der Waals surface area contributed by atoms with E-state index in [1.54, 1.807) is 4.90 Å². The first-order chi connectivity index (χ1) is 9.69. The minimum absolute atomic E-state index is 0.00886. The van der Waals surface area contributed by atoms with Crippen LogP contribution < -0.4 is 5.32 Å². The molecule has 1 aliphatic rings. The molecule has 1 fully saturated rings. The summed E-state index contributed by atoms with van der Waals surface area (Å²) in [4.78, 5) is 25.6. The molecule has 2 atom stereocenters. The summed E-state index contributed by atoms with van der Waals surface area (Å²) in [6.07, 6.45) is 0.756. The lowest BCUT2D eigenvalue weighted by Crippen LogP contribution is -2.45. The third kappa shape index (κ3) is 4.70. The Morgan fingerprint density at radius 1 is 1.38 bits per heavy atom. The smallest absolute Gasteiger partial charge is 0.224 e. The lowest BCUT2D eigenvalue weighted by molar-refractivity contribution is -0.130. The number of hydrogen-bond donors (Lipinski definition) is 2. The van der Waals surface area contributed by atoms with Gasteiger partial charge in [0.15, 0.2) is 0 Å². The van der Waals surface area contributed by atoms with Gasteiger partial charge in [-0.25, -0.2) is 0 Å². The largest absolute Gasteiger partial charge is 0.392 e. The number of hydrogen-bond acceptors (Lipinski definition) is 3. The SMILES string of the molecule is CCC(=O)N1CCC(C(=O)NCC(C)(C)C(O)C(C)C)C1. The number of carbonyl (C=O) groups is 2. The third-order valence-corrected chi connectivity index (χ3v) is 4.36. The Bertz CT molecular complexity index is 380. The van der Waals surface area contributed by atoms with Gasteiger partial charge in [-0.05, 0) is 12.3 Å². The molecule has 21 heavy (non-hydrogen) atoms. The molecule has 2 unspecified atom stereocenters. The topological polar surface area (TPSA) is 69.6 Å². The van der Waals surface area contributed by atoms with E-state index in [-0.39, 0.29) is 29.1 Å². The van der Waals surface area contributed by atoms with Crippen LogP contribution in [0.3, 0.4) is 0 Å². The van der Waals surface area contributed by atoms with Crippen molar-refractivity contribution in [2.24, 2.45) is 17.3 Å².